The van der Waals surface area contributed by atoms with Crippen molar-refractivity contribution in [1.82, 2.24) is 9.97 Å². The quantitative estimate of drug-likeness (QED) is 0.301. The summed E-state index contributed by atoms with van der Waals surface area (Å²) in [6.07, 6.45) is 0. The number of nitrogens with one attached hydrogen (secondary N) is 1. The van der Waals surface area contributed by atoms with Crippen LogP contribution in [0.5, 0.6) is 0 Å². The SMILES string of the molecule is C/C(=N\Nc1nc(-c2ccc(C)cc2)nc2ccccc12)c1ccc(N)cc1. The summed E-state index contributed by atoms with van der Waals surface area (Å²) in [6.45, 7) is 4.01. The van der Waals surface area contributed by atoms with Crippen LogP contribution in [0.2, 0.25) is 0 Å². The molecule has 0 saturated carbocycles. The van der Waals surface area contributed by atoms with Crippen molar-refractivity contribution in [2.24, 2.45) is 5.10 Å². The highest BCUT2D eigenvalue weighted by Crippen LogP contribution is 2.25. The van der Waals surface area contributed by atoms with Gasteiger partial charge in [0.05, 0.1) is 11.2 Å². The van der Waals surface area contributed by atoms with Gasteiger partial charge in [-0.1, -0.05) is 54.1 Å². The van der Waals surface area contributed by atoms with Crippen LogP contribution in [0.1, 0.15) is 18.1 Å². The number of hydrogen-bond acceptors (Lipinski definition) is 5. The Kier molecular flexibility index (Phi) is 4.72. The van der Waals surface area contributed by atoms with E-state index in [4.69, 9.17) is 15.7 Å². The number of hydrazone groups is 1. The van der Waals surface area contributed by atoms with E-state index in [0.717, 1.165) is 33.4 Å². The first-order valence-corrected chi connectivity index (χ1v) is 9.10. The van der Waals surface area contributed by atoms with Crippen LogP contribution in [0.3, 0.4) is 0 Å². The zero-order chi connectivity index (χ0) is 19.5. The van der Waals surface area contributed by atoms with E-state index in [9.17, 15) is 0 Å². The number of anilines is 2. The lowest BCUT2D eigenvalue weighted by Gasteiger charge is -2.09. The van der Waals surface area contributed by atoms with Crippen LogP contribution in [-0.4, -0.2) is 15.7 Å². The highest BCUT2D eigenvalue weighted by Gasteiger charge is 2.09. The fourth-order valence-electron chi connectivity index (χ4n) is 2.92. The maximum Gasteiger partial charge on any atom is 0.162 e. The van der Waals surface area contributed by atoms with Crippen molar-refractivity contribution in [2.45, 2.75) is 13.8 Å². The number of aryl methyl sites for hydroxylation is 1. The molecule has 1 heterocycles. The molecule has 0 aliphatic rings. The van der Waals surface area contributed by atoms with Crippen molar-refractivity contribution in [3.8, 4) is 11.4 Å². The number of rotatable bonds is 4. The zero-order valence-electron chi connectivity index (χ0n) is 15.8. The largest absolute Gasteiger partial charge is 0.399 e. The molecule has 4 aromatic rings. The predicted molar refractivity (Wildman–Crippen MR) is 116 cm³/mol. The molecular weight excluding hydrogens is 346 g/mol. The maximum absolute atomic E-state index is 5.76. The Morgan fingerprint density at radius 3 is 2.36 bits per heavy atom. The maximum atomic E-state index is 5.76. The normalized spacial score (nSPS) is 11.6. The minimum absolute atomic E-state index is 0.668. The Bertz CT molecular complexity index is 1150. The molecule has 28 heavy (non-hydrogen) atoms. The summed E-state index contributed by atoms with van der Waals surface area (Å²) in [7, 11) is 0. The van der Waals surface area contributed by atoms with Crippen LogP contribution < -0.4 is 11.2 Å². The van der Waals surface area contributed by atoms with Gasteiger partial charge >= 0.3 is 0 Å². The van der Waals surface area contributed by atoms with Gasteiger partial charge in [-0.2, -0.15) is 5.10 Å². The molecule has 0 unspecified atom stereocenters. The molecule has 0 radical (unpaired) electrons. The number of aromatic nitrogens is 2. The van der Waals surface area contributed by atoms with Gasteiger partial charge in [0.1, 0.15) is 0 Å². The van der Waals surface area contributed by atoms with E-state index < -0.39 is 0 Å². The molecule has 5 heteroatoms. The average Bonchev–Trinajstić information content (AvgIpc) is 2.72. The van der Waals surface area contributed by atoms with Crippen molar-refractivity contribution in [3.05, 3.63) is 83.9 Å². The summed E-state index contributed by atoms with van der Waals surface area (Å²) < 4.78 is 0. The molecule has 138 valence electrons. The summed E-state index contributed by atoms with van der Waals surface area (Å²) in [4.78, 5) is 9.45. The second-order valence-corrected chi connectivity index (χ2v) is 6.71. The van der Waals surface area contributed by atoms with Crippen molar-refractivity contribution < 1.29 is 0 Å². The topological polar surface area (TPSA) is 76.2 Å². The Hall–Kier alpha value is -3.73. The van der Waals surface area contributed by atoms with Crippen molar-refractivity contribution in [1.29, 1.82) is 0 Å². The van der Waals surface area contributed by atoms with Gasteiger partial charge in [0.2, 0.25) is 0 Å². The number of hydrogen-bond donors (Lipinski definition) is 2. The Labute approximate surface area is 164 Å². The number of nitrogens with two attached hydrogens (primary N) is 1. The van der Waals surface area contributed by atoms with Gasteiger partial charge in [0.25, 0.3) is 0 Å². The average molecular weight is 367 g/mol. The van der Waals surface area contributed by atoms with Crippen molar-refractivity contribution in [2.75, 3.05) is 11.2 Å². The lowest BCUT2D eigenvalue weighted by atomic mass is 10.1. The molecule has 0 fully saturated rings. The number of benzene rings is 3. The fourth-order valence-corrected chi connectivity index (χ4v) is 2.92. The summed E-state index contributed by atoms with van der Waals surface area (Å²) in [5.41, 5.74) is 14.5. The third-order valence-corrected chi connectivity index (χ3v) is 4.57. The number of nitrogens with zero attached hydrogens (tertiary/aromatic N) is 3. The smallest absolute Gasteiger partial charge is 0.162 e. The summed E-state index contributed by atoms with van der Waals surface area (Å²) in [5.74, 6) is 1.34. The standard InChI is InChI=1S/C23H21N5/c1-15-7-9-18(10-8-15)22-25-21-6-4-3-5-20(21)23(26-22)28-27-16(2)17-11-13-19(24)14-12-17/h3-14H,24H2,1-2H3,(H,25,26,28)/b27-16+. The van der Waals surface area contributed by atoms with Gasteiger partial charge in [-0.05, 0) is 43.7 Å². The van der Waals surface area contributed by atoms with Crippen molar-refractivity contribution in [3.63, 3.8) is 0 Å². The predicted octanol–water partition coefficient (Wildman–Crippen LogP) is 5.02. The van der Waals surface area contributed by atoms with Crippen LogP contribution in [-0.2, 0) is 0 Å². The first kappa shape index (κ1) is 17.7. The Balaban J connectivity index is 1.73. The fraction of sp³-hybridized carbons (Fsp3) is 0.0870. The summed E-state index contributed by atoms with van der Waals surface area (Å²) >= 11 is 0. The molecular formula is C23H21N5. The van der Waals surface area contributed by atoms with Crippen LogP contribution >= 0.6 is 0 Å². The minimum Gasteiger partial charge on any atom is -0.399 e. The molecule has 5 nitrogen and oxygen atoms in total. The van der Waals surface area contributed by atoms with Crippen LogP contribution in [0.25, 0.3) is 22.3 Å². The van der Waals surface area contributed by atoms with Crippen molar-refractivity contribution >= 4 is 28.1 Å². The lowest BCUT2D eigenvalue weighted by Crippen LogP contribution is -2.03. The van der Waals surface area contributed by atoms with Crippen LogP contribution in [0.4, 0.5) is 11.5 Å². The van der Waals surface area contributed by atoms with Gasteiger partial charge in [-0.15, -0.1) is 0 Å². The molecule has 0 aliphatic carbocycles. The molecule has 0 aliphatic heterocycles. The van der Waals surface area contributed by atoms with Crippen LogP contribution in [0.15, 0.2) is 77.9 Å². The highest BCUT2D eigenvalue weighted by atomic mass is 15.3. The summed E-state index contributed by atoms with van der Waals surface area (Å²) in [6, 6.07) is 23.7. The Morgan fingerprint density at radius 1 is 0.893 bits per heavy atom. The molecule has 1 aromatic heterocycles. The number of fused-ring (bicyclic) bond motifs is 1. The second kappa shape index (κ2) is 7.48. The van der Waals surface area contributed by atoms with E-state index in [1.165, 1.54) is 5.56 Å². The minimum atomic E-state index is 0.668. The molecule has 0 saturated heterocycles. The summed E-state index contributed by atoms with van der Waals surface area (Å²) in [5, 5.41) is 5.45. The molecule has 3 aromatic carbocycles. The van der Waals surface area contributed by atoms with E-state index in [-0.39, 0.29) is 0 Å². The second-order valence-electron chi connectivity index (χ2n) is 6.71. The molecule has 0 amide bonds. The van der Waals surface area contributed by atoms with E-state index in [2.05, 4.69) is 29.6 Å². The van der Waals surface area contributed by atoms with E-state index >= 15 is 0 Å². The monoisotopic (exact) mass is 367 g/mol. The number of nitrogen functional groups attached to an aromatic ring is 1. The molecule has 3 N–H and O–H groups in total. The van der Waals surface area contributed by atoms with Gasteiger partial charge in [-0.3, -0.25) is 5.43 Å². The van der Waals surface area contributed by atoms with Crippen LogP contribution in [0, 0.1) is 6.92 Å². The van der Waals surface area contributed by atoms with Gasteiger partial charge in [0.15, 0.2) is 11.6 Å². The lowest BCUT2D eigenvalue weighted by molar-refractivity contribution is 1.18. The van der Waals surface area contributed by atoms with Gasteiger partial charge in [-0.25, -0.2) is 9.97 Å². The molecule has 0 bridgehead atoms. The van der Waals surface area contributed by atoms with Gasteiger partial charge in [0, 0.05) is 16.6 Å². The third kappa shape index (κ3) is 3.69. The Morgan fingerprint density at radius 2 is 1.61 bits per heavy atom. The van der Waals surface area contributed by atoms with E-state index in [1.807, 2.05) is 67.6 Å². The first-order chi connectivity index (χ1) is 13.6. The molecule has 0 spiro atoms. The third-order valence-electron chi connectivity index (χ3n) is 4.57. The molecule has 0 atom stereocenters. The zero-order valence-corrected chi connectivity index (χ0v) is 15.8. The first-order valence-electron chi connectivity index (χ1n) is 9.10. The number of para-hydroxylation sites is 1. The van der Waals surface area contributed by atoms with E-state index in [0.29, 0.717) is 11.6 Å². The molecule has 4 rings (SSSR count). The van der Waals surface area contributed by atoms with Gasteiger partial charge < -0.3 is 5.73 Å². The van der Waals surface area contributed by atoms with E-state index in [1.54, 1.807) is 0 Å². The highest BCUT2D eigenvalue weighted by molar-refractivity contribution is 6.00.